The minimum atomic E-state index is -3.82. The monoisotopic (exact) mass is 976 g/mol. The Labute approximate surface area is 395 Å². The van der Waals surface area contributed by atoms with Gasteiger partial charge in [-0.15, -0.1) is 11.3 Å². The lowest BCUT2D eigenvalue weighted by molar-refractivity contribution is -0.139. The van der Waals surface area contributed by atoms with Crippen molar-refractivity contribution >= 4 is 80.0 Å². The van der Waals surface area contributed by atoms with Gasteiger partial charge in [-0.25, -0.2) is 22.8 Å². The Hall–Kier alpha value is -6.22. The predicted molar refractivity (Wildman–Crippen MR) is 248 cm³/mol. The molecule has 5 N–H and O–H groups in total. The van der Waals surface area contributed by atoms with Crippen molar-refractivity contribution in [1.82, 2.24) is 19.4 Å². The Morgan fingerprint density at radius 3 is 2.39 bits per heavy atom. The van der Waals surface area contributed by atoms with Crippen LogP contribution in [0.4, 0.5) is 16.2 Å². The highest BCUT2D eigenvalue weighted by atomic mass is 35.5. The molecule has 5 amide bonds. The summed E-state index contributed by atoms with van der Waals surface area (Å²) in [7, 11) is -3.82. The van der Waals surface area contributed by atoms with Crippen molar-refractivity contribution in [3.63, 3.8) is 0 Å². The average molecular weight is 978 g/mol. The lowest BCUT2D eigenvalue weighted by Crippen LogP contribution is -2.55. The molecule has 0 radical (unpaired) electrons. The van der Waals surface area contributed by atoms with E-state index in [1.807, 2.05) is 19.9 Å². The summed E-state index contributed by atoms with van der Waals surface area (Å²) in [5, 5.41) is 27.5. The number of thiophene rings is 1. The smallest absolute Gasteiger partial charge is 0.349 e. The molecular weight excluding hydrogens is 928 g/mol. The first-order valence-corrected chi connectivity index (χ1v) is 24.5. The van der Waals surface area contributed by atoms with Crippen LogP contribution >= 0.6 is 22.9 Å². The summed E-state index contributed by atoms with van der Waals surface area (Å²) in [6.45, 7) is 4.23. The van der Waals surface area contributed by atoms with Gasteiger partial charge in [0.25, 0.3) is 5.91 Å². The Bertz CT molecular complexity index is 2760. The van der Waals surface area contributed by atoms with Crippen LogP contribution in [-0.2, 0) is 36.7 Å². The van der Waals surface area contributed by atoms with Gasteiger partial charge in [-0.2, -0.15) is 4.31 Å². The summed E-state index contributed by atoms with van der Waals surface area (Å²) in [5.74, 6) is -3.63. The molecule has 4 aromatic rings. The lowest BCUT2D eigenvalue weighted by atomic mass is 9.89. The molecule has 1 unspecified atom stereocenters. The molecule has 3 fully saturated rings. The third-order valence-corrected chi connectivity index (χ3v) is 16.1. The molecular formula is C46H49ClN6O12S2. The standard InChI is InChI=1S/C46H49ClN6O12S2/c1-46(2)22-30(48-29-9-4-7-27(21-29)40-38(47)39(64-24-37(55)56)41(66-40)44(59)60)14-19-53(46)67(62,63)25-26-6-3-8-28(20-26)49-45(61)51-17-15-31(16-18-51)65-35-11-5-10-32-33(35)23-52(43(32)58)34-12-13-36(54)50-42(34)57/h3-11,20-21,30-31,34,48H,12-19,22-25H2,1-2H3,(H,49,61)(H,55,56)(H,59,60)(H,50,54,57)/t30-,34?/m0/s1. The fourth-order valence-electron chi connectivity index (χ4n) is 9.25. The van der Waals surface area contributed by atoms with E-state index in [-0.39, 0.29) is 77.3 Å². The van der Waals surface area contributed by atoms with Gasteiger partial charge in [-0.1, -0.05) is 41.9 Å². The van der Waals surface area contributed by atoms with E-state index in [4.69, 9.17) is 26.2 Å². The number of nitrogens with one attached hydrogen (secondary N) is 3. The van der Waals surface area contributed by atoms with E-state index in [0.29, 0.717) is 83.0 Å². The zero-order valence-electron chi connectivity index (χ0n) is 36.6. The first kappa shape index (κ1) is 47.3. The number of piperidine rings is 3. The van der Waals surface area contributed by atoms with Crippen molar-refractivity contribution in [1.29, 1.82) is 0 Å². The second kappa shape index (κ2) is 19.2. The number of carboxylic acid groups (broad SMARTS) is 2. The number of halogens is 1. The first-order chi connectivity index (χ1) is 31.9. The number of aromatic carboxylic acids is 1. The molecule has 0 spiro atoms. The fourth-order valence-corrected chi connectivity index (χ4v) is 12.6. The SMILES string of the molecule is CC1(C)C[C@@H](Nc2cccc(-c3sc(C(=O)O)c(OCC(=O)O)c3Cl)c2)CCN1S(=O)(=O)Cc1cccc(NC(=O)N2CCC(Oc3cccc4c3CN(C3CCC(=O)NC3=O)C4=O)CC2)c1. The number of rotatable bonds is 14. The van der Waals surface area contributed by atoms with Gasteiger partial charge >= 0.3 is 18.0 Å². The fraction of sp³-hybridized carbons (Fsp3) is 0.391. The Morgan fingerprint density at radius 1 is 0.940 bits per heavy atom. The summed E-state index contributed by atoms with van der Waals surface area (Å²) >= 11 is 7.39. The number of benzene rings is 3. The van der Waals surface area contributed by atoms with E-state index in [1.165, 1.54) is 9.21 Å². The molecule has 21 heteroatoms. The molecule has 67 heavy (non-hydrogen) atoms. The third-order valence-electron chi connectivity index (χ3n) is 12.4. The molecule has 18 nitrogen and oxygen atoms in total. The number of hydrogen-bond donors (Lipinski definition) is 5. The van der Waals surface area contributed by atoms with Crippen molar-refractivity contribution in [2.24, 2.45) is 0 Å². The maximum absolute atomic E-state index is 14.0. The lowest BCUT2D eigenvalue weighted by Gasteiger charge is -2.45. The molecule has 0 bridgehead atoms. The number of aliphatic carboxylic acids is 1. The summed E-state index contributed by atoms with van der Waals surface area (Å²) < 4.78 is 41.2. The summed E-state index contributed by atoms with van der Waals surface area (Å²) in [4.78, 5) is 77.2. The van der Waals surface area contributed by atoms with Crippen molar-refractivity contribution in [2.75, 3.05) is 36.9 Å². The summed E-state index contributed by atoms with van der Waals surface area (Å²) in [5.41, 5.74) is 2.64. The number of imide groups is 1. The van der Waals surface area contributed by atoms with Crippen molar-refractivity contribution < 1.29 is 56.9 Å². The molecule has 4 aliphatic heterocycles. The Kier molecular flexibility index (Phi) is 13.5. The Balaban J connectivity index is 0.834. The number of hydrogen-bond acceptors (Lipinski definition) is 12. The van der Waals surface area contributed by atoms with E-state index in [9.17, 15) is 42.3 Å². The number of fused-ring (bicyclic) bond motifs is 1. The van der Waals surface area contributed by atoms with Gasteiger partial charge in [0.1, 0.15) is 22.9 Å². The second-order valence-corrected chi connectivity index (χ2v) is 20.9. The molecule has 0 aliphatic carbocycles. The van der Waals surface area contributed by atoms with Gasteiger partial charge in [-0.3, -0.25) is 19.7 Å². The average Bonchev–Trinajstić information content (AvgIpc) is 3.79. The number of carbonyl (C=O) groups is 6. The molecule has 2 atom stereocenters. The van der Waals surface area contributed by atoms with E-state index >= 15 is 0 Å². The van der Waals surface area contributed by atoms with Crippen molar-refractivity contribution in [3.8, 4) is 21.9 Å². The van der Waals surface area contributed by atoms with Crippen LogP contribution < -0.4 is 25.4 Å². The van der Waals surface area contributed by atoms with Gasteiger partial charge in [0, 0.05) is 73.0 Å². The van der Waals surface area contributed by atoms with E-state index in [1.54, 1.807) is 65.6 Å². The summed E-state index contributed by atoms with van der Waals surface area (Å²) in [6, 6.07) is 18.0. The number of nitrogens with zero attached hydrogens (tertiary/aromatic N) is 3. The van der Waals surface area contributed by atoms with E-state index in [0.717, 1.165) is 11.3 Å². The number of likely N-dealkylation sites (tertiary alicyclic amines) is 1. The van der Waals surface area contributed by atoms with Crippen LogP contribution in [0, 0.1) is 0 Å². The van der Waals surface area contributed by atoms with Crippen molar-refractivity contribution in [2.45, 2.75) is 88.4 Å². The van der Waals surface area contributed by atoms with Crippen LogP contribution in [0.25, 0.3) is 10.4 Å². The van der Waals surface area contributed by atoms with Crippen LogP contribution in [-0.4, -0.2) is 118 Å². The van der Waals surface area contributed by atoms with Crippen molar-refractivity contribution in [3.05, 3.63) is 93.3 Å². The number of carbonyl (C=O) groups excluding carboxylic acids is 4. The van der Waals surface area contributed by atoms with Gasteiger partial charge in [0.05, 0.1) is 17.2 Å². The molecule has 0 saturated carbocycles. The number of anilines is 2. The number of urea groups is 1. The molecule has 8 rings (SSSR count). The predicted octanol–water partition coefficient (Wildman–Crippen LogP) is 6.25. The Morgan fingerprint density at radius 2 is 1.67 bits per heavy atom. The zero-order chi connectivity index (χ0) is 47.8. The van der Waals surface area contributed by atoms with Crippen LogP contribution in [0.1, 0.15) is 83.5 Å². The number of ether oxygens (including phenoxy) is 2. The minimum absolute atomic E-state index is 0.00572. The maximum Gasteiger partial charge on any atom is 0.349 e. The normalized spacial score (nSPS) is 20.0. The molecule has 4 aliphatic rings. The van der Waals surface area contributed by atoms with Gasteiger partial charge in [0.2, 0.25) is 21.8 Å². The van der Waals surface area contributed by atoms with E-state index in [2.05, 4.69) is 16.0 Å². The molecule has 5 heterocycles. The number of sulfonamides is 1. The van der Waals surface area contributed by atoms with Gasteiger partial charge < -0.3 is 40.1 Å². The highest BCUT2D eigenvalue weighted by molar-refractivity contribution is 7.88. The molecule has 3 saturated heterocycles. The number of carboxylic acids is 2. The molecule has 1 aromatic heterocycles. The highest BCUT2D eigenvalue weighted by Gasteiger charge is 2.43. The van der Waals surface area contributed by atoms with Crippen LogP contribution in [0.3, 0.4) is 0 Å². The summed E-state index contributed by atoms with van der Waals surface area (Å²) in [6.07, 6.45) is 2.23. The number of amides is 5. The van der Waals surface area contributed by atoms with Crippen LogP contribution in [0.2, 0.25) is 5.02 Å². The minimum Gasteiger partial charge on any atom is -0.490 e. The quantitative estimate of drug-likeness (QED) is 0.0879. The van der Waals surface area contributed by atoms with Gasteiger partial charge in [-0.05, 0) is 80.6 Å². The largest absolute Gasteiger partial charge is 0.490 e. The first-order valence-electron chi connectivity index (χ1n) is 21.7. The second-order valence-electron chi connectivity index (χ2n) is 17.6. The zero-order valence-corrected chi connectivity index (χ0v) is 39.0. The molecule has 354 valence electrons. The van der Waals surface area contributed by atoms with Gasteiger partial charge in [0.15, 0.2) is 17.2 Å². The maximum atomic E-state index is 14.0. The topological polar surface area (TPSA) is 241 Å². The van der Waals surface area contributed by atoms with Crippen LogP contribution in [0.15, 0.2) is 66.7 Å². The third kappa shape index (κ3) is 10.4. The highest BCUT2D eigenvalue weighted by Crippen LogP contribution is 2.46. The van der Waals surface area contributed by atoms with Crippen LogP contribution in [0.5, 0.6) is 11.5 Å². The van der Waals surface area contributed by atoms with E-state index < -0.39 is 46.1 Å². The molecule has 3 aromatic carbocycles.